The highest BCUT2D eigenvalue weighted by molar-refractivity contribution is 5.91. The molecule has 3 amide bonds. The third-order valence-corrected chi connectivity index (χ3v) is 18.0. The topological polar surface area (TPSA) is 541 Å². The summed E-state index contributed by atoms with van der Waals surface area (Å²) in [6.07, 6.45) is 7.40. The van der Waals surface area contributed by atoms with E-state index in [1.165, 1.54) is 12.5 Å². The van der Waals surface area contributed by atoms with Gasteiger partial charge in [0, 0.05) is 182 Å². The SMILES string of the molecule is Cc1nnc(-c2ccc(NC(=O)CCCC(=O)NCCOCCOCCCC(=O)CN3CCN(CC(=O)O)CCN(CC(=O)O)CCN(CC(=O)O)CC3)cn2)nn1.O=C(O)CN1CCN(CC(=O)O)CCN(CC(=O)NCCOCCOCCCC(=O)CCCC(=O)CCc2ccc(-c3nncnn3)cc2)CCN(CC(=O)O)CC1. The number of rotatable bonds is 50. The van der Waals surface area contributed by atoms with Crippen LogP contribution in [-0.4, -0.2) is 410 Å². The first-order chi connectivity index (χ1) is 55.8. The number of hydrogen-bond acceptors (Lipinski definition) is 33. The Hall–Kier alpha value is -9.99. The maximum atomic E-state index is 12.9. The van der Waals surface area contributed by atoms with Crippen LogP contribution in [0, 0.1) is 6.92 Å². The molecule has 0 spiro atoms. The van der Waals surface area contributed by atoms with Crippen molar-refractivity contribution in [3.8, 4) is 22.9 Å². The fourth-order valence-corrected chi connectivity index (χ4v) is 11.9. The van der Waals surface area contributed by atoms with Crippen molar-refractivity contribution < 1.29 is 107 Å². The van der Waals surface area contributed by atoms with Gasteiger partial charge in [-0.15, -0.1) is 40.8 Å². The van der Waals surface area contributed by atoms with Gasteiger partial charge in [-0.3, -0.25) is 102 Å². The van der Waals surface area contributed by atoms with Gasteiger partial charge in [-0.1, -0.05) is 24.3 Å². The Kier molecular flexibility index (Phi) is 47.6. The van der Waals surface area contributed by atoms with Crippen LogP contribution in [0.25, 0.3) is 22.9 Å². The summed E-state index contributed by atoms with van der Waals surface area (Å²) in [5.74, 6) is -5.49. The zero-order valence-electron chi connectivity index (χ0n) is 66.0. The van der Waals surface area contributed by atoms with Gasteiger partial charge in [0.05, 0.1) is 104 Å². The number of pyridine rings is 1. The molecule has 42 heteroatoms. The van der Waals surface area contributed by atoms with Gasteiger partial charge in [0.2, 0.25) is 29.4 Å². The van der Waals surface area contributed by atoms with Gasteiger partial charge in [-0.05, 0) is 56.7 Å². The number of aryl methyl sites for hydroxylation is 2. The molecule has 2 saturated heterocycles. The lowest BCUT2D eigenvalue weighted by Gasteiger charge is -2.32. The van der Waals surface area contributed by atoms with Crippen molar-refractivity contribution in [2.24, 2.45) is 0 Å². The molecule has 116 heavy (non-hydrogen) atoms. The summed E-state index contributed by atoms with van der Waals surface area (Å²) in [7, 11) is 0. The Labute approximate surface area is 672 Å². The van der Waals surface area contributed by atoms with Crippen LogP contribution in [0.4, 0.5) is 5.69 Å². The van der Waals surface area contributed by atoms with Crippen molar-refractivity contribution in [1.82, 2.24) is 95.6 Å². The van der Waals surface area contributed by atoms with Gasteiger partial charge in [0.1, 0.15) is 23.0 Å². The molecule has 9 N–H and O–H groups in total. The average molecular weight is 1630 g/mol. The van der Waals surface area contributed by atoms with E-state index in [1.807, 2.05) is 34.1 Å². The van der Waals surface area contributed by atoms with E-state index in [-0.39, 0.29) is 132 Å². The second-order valence-electron chi connectivity index (χ2n) is 27.6. The number of ether oxygens (including phenoxy) is 4. The molecule has 0 aliphatic carbocycles. The van der Waals surface area contributed by atoms with Crippen molar-refractivity contribution >= 4 is 76.6 Å². The van der Waals surface area contributed by atoms with Crippen LogP contribution in [0.2, 0.25) is 0 Å². The predicted molar refractivity (Wildman–Crippen MR) is 413 cm³/mol. The van der Waals surface area contributed by atoms with E-state index in [4.69, 9.17) is 18.9 Å². The predicted octanol–water partition coefficient (Wildman–Crippen LogP) is -1.70. The van der Waals surface area contributed by atoms with Gasteiger partial charge >= 0.3 is 35.8 Å². The van der Waals surface area contributed by atoms with E-state index in [0.29, 0.717) is 232 Å². The molecule has 2 aliphatic heterocycles. The number of aromatic nitrogens is 9. The highest BCUT2D eigenvalue weighted by atomic mass is 16.5. The molecule has 5 heterocycles. The Morgan fingerprint density at radius 2 is 0.716 bits per heavy atom. The van der Waals surface area contributed by atoms with Crippen molar-refractivity contribution in [2.45, 2.75) is 84.0 Å². The van der Waals surface area contributed by atoms with Crippen LogP contribution in [0.3, 0.4) is 0 Å². The van der Waals surface area contributed by atoms with Crippen LogP contribution < -0.4 is 16.0 Å². The lowest BCUT2D eigenvalue weighted by molar-refractivity contribution is -0.140. The normalized spacial score (nSPS) is 15.2. The van der Waals surface area contributed by atoms with Crippen molar-refractivity contribution in [2.75, 3.05) is 228 Å². The number of ketones is 3. The Morgan fingerprint density at radius 3 is 1.13 bits per heavy atom. The first-order valence-corrected chi connectivity index (χ1v) is 38.7. The van der Waals surface area contributed by atoms with Crippen molar-refractivity contribution in [1.29, 1.82) is 0 Å². The summed E-state index contributed by atoms with van der Waals surface area (Å²) in [5.41, 5.74) is 2.78. The summed E-state index contributed by atoms with van der Waals surface area (Å²) in [6, 6.07) is 10.9. The zero-order chi connectivity index (χ0) is 84.1. The lowest BCUT2D eigenvalue weighted by Crippen LogP contribution is -2.50. The quantitative estimate of drug-likeness (QED) is 0.0223. The zero-order valence-corrected chi connectivity index (χ0v) is 66.0. The number of carboxylic acid groups (broad SMARTS) is 6. The summed E-state index contributed by atoms with van der Waals surface area (Å²) >= 11 is 0. The molecule has 0 bridgehead atoms. The van der Waals surface area contributed by atoms with Gasteiger partial charge in [0.25, 0.3) is 0 Å². The monoisotopic (exact) mass is 1630 g/mol. The fraction of sp³-hybridized carbons (Fsp3) is 0.635. The molecule has 4 aromatic rings. The number of anilines is 1. The minimum absolute atomic E-state index is 0.0176. The molecule has 640 valence electrons. The molecular weight excluding hydrogens is 1520 g/mol. The molecule has 3 aromatic heterocycles. The van der Waals surface area contributed by atoms with Gasteiger partial charge in [-0.2, -0.15) is 0 Å². The number of Topliss-reactive ketones (excluding diaryl/α,β-unsaturated/α-hetero) is 3. The summed E-state index contributed by atoms with van der Waals surface area (Å²) in [6.45, 7) is 8.58. The Bertz CT molecular complexity index is 3580. The van der Waals surface area contributed by atoms with Crippen LogP contribution in [0.15, 0.2) is 48.9 Å². The van der Waals surface area contributed by atoms with Crippen LogP contribution in [0.5, 0.6) is 0 Å². The molecule has 0 radical (unpaired) electrons. The summed E-state index contributed by atoms with van der Waals surface area (Å²) in [5, 5.41) is 95.3. The number of hydrogen-bond donors (Lipinski definition) is 9. The first-order valence-electron chi connectivity index (χ1n) is 38.7. The van der Waals surface area contributed by atoms with Gasteiger partial charge in [0.15, 0.2) is 12.2 Å². The van der Waals surface area contributed by atoms with Crippen molar-refractivity contribution in [3.63, 3.8) is 0 Å². The molecule has 0 atom stereocenters. The van der Waals surface area contributed by atoms with E-state index < -0.39 is 35.8 Å². The fourth-order valence-electron chi connectivity index (χ4n) is 11.9. The number of nitrogens with one attached hydrogen (secondary N) is 3. The molecule has 2 aliphatic rings. The van der Waals surface area contributed by atoms with E-state index >= 15 is 0 Å². The number of carbonyl (C=O) groups excluding carboxylic acids is 6. The second-order valence-corrected chi connectivity index (χ2v) is 27.6. The molecule has 2 fully saturated rings. The second kappa shape index (κ2) is 57.1. The van der Waals surface area contributed by atoms with E-state index in [0.717, 1.165) is 11.1 Å². The average Bonchev–Trinajstić information content (AvgIpc) is 0.859. The van der Waals surface area contributed by atoms with E-state index in [2.05, 4.69) is 61.7 Å². The summed E-state index contributed by atoms with van der Waals surface area (Å²) < 4.78 is 22.2. The number of carbonyl (C=O) groups is 12. The highest BCUT2D eigenvalue weighted by Gasteiger charge is 2.25. The van der Waals surface area contributed by atoms with Gasteiger partial charge < -0.3 is 65.5 Å². The van der Waals surface area contributed by atoms with Crippen LogP contribution in [-0.2, 0) is 82.9 Å². The van der Waals surface area contributed by atoms with Crippen LogP contribution >= 0.6 is 0 Å². The molecule has 42 nitrogen and oxygen atoms in total. The maximum Gasteiger partial charge on any atom is 0.317 e. The maximum absolute atomic E-state index is 12.9. The number of benzene rings is 1. The Morgan fingerprint density at radius 1 is 0.353 bits per heavy atom. The van der Waals surface area contributed by atoms with Gasteiger partial charge in [-0.25, -0.2) is 0 Å². The molecule has 6 rings (SSSR count). The van der Waals surface area contributed by atoms with Crippen molar-refractivity contribution in [3.05, 3.63) is 60.3 Å². The molecular formula is C74H112N20O22. The third-order valence-electron chi connectivity index (χ3n) is 18.0. The van der Waals surface area contributed by atoms with Crippen LogP contribution in [0.1, 0.15) is 82.0 Å². The highest BCUT2D eigenvalue weighted by Crippen LogP contribution is 2.17. The minimum atomic E-state index is -1.03. The third kappa shape index (κ3) is 45.9. The minimum Gasteiger partial charge on any atom is -0.480 e. The number of amides is 3. The largest absolute Gasteiger partial charge is 0.480 e. The van der Waals surface area contributed by atoms with E-state index in [9.17, 15) is 88.2 Å². The molecule has 0 unspecified atom stereocenters. The number of nitrogens with zero attached hydrogens (tertiary/aromatic N) is 17. The Balaban J connectivity index is 0.000000414. The number of carboxylic acids is 6. The van der Waals surface area contributed by atoms with E-state index in [1.54, 1.807) is 48.5 Å². The number of aliphatic carboxylic acids is 6. The standard InChI is InChI=1S/C38H57N9O11.C36H55N11O11/c48-32(3-1-4-33(49)11-8-30-6-9-31(10-7-30)38-42-40-29-41-43-38)5-2-21-57-23-24-58-22-12-39-34(50)25-44-13-15-45(26-35(51)52)17-19-47(28-37(55)56)20-18-46(16-14-44)27-36(53)54;1-27-40-42-36(43-41-27)30-8-7-28(22-38-30)39-32(50)6-2-5-31(49)37-9-19-58-21-20-57-18-3-4-29(48)23-44-10-12-45(24-33(51)52)14-16-47(26-35(55)56)17-15-46(13-11-44)25-34(53)54/h6-7,9-10,29H,1-5,8,11-28H2,(H,39,50)(H,51,52)(H,53,54)(H,55,56);7-8,22H,2-6,9-21,23-26H2,1H3,(H,37,49)(H,39,50)(H,51,52)(H,53,54)(H,55,56). The molecule has 0 saturated carbocycles. The molecule has 1 aromatic carbocycles. The lowest BCUT2D eigenvalue weighted by atomic mass is 10.0. The first kappa shape index (κ1) is 96.6. The smallest absolute Gasteiger partial charge is 0.317 e. The summed E-state index contributed by atoms with van der Waals surface area (Å²) in [4.78, 5) is 161.